The van der Waals surface area contributed by atoms with E-state index in [2.05, 4.69) is 5.32 Å². The maximum absolute atomic E-state index is 12.7. The van der Waals surface area contributed by atoms with Gasteiger partial charge in [-0.05, 0) is 55.8 Å². The molecule has 1 aliphatic heterocycles. The summed E-state index contributed by atoms with van der Waals surface area (Å²) in [5, 5.41) is 11.9. The van der Waals surface area contributed by atoms with Crippen LogP contribution in [0.1, 0.15) is 24.8 Å². The van der Waals surface area contributed by atoms with Crippen molar-refractivity contribution in [3.63, 3.8) is 0 Å². The summed E-state index contributed by atoms with van der Waals surface area (Å²) in [4.78, 5) is 14.2. The Bertz CT molecular complexity index is 929. The number of rotatable bonds is 10. The minimum atomic E-state index is -3.58. The first-order valence-corrected chi connectivity index (χ1v) is 12.0. The lowest BCUT2D eigenvalue weighted by molar-refractivity contribution is -0.135. The van der Waals surface area contributed by atoms with Crippen molar-refractivity contribution in [1.82, 2.24) is 15.7 Å². The summed E-state index contributed by atoms with van der Waals surface area (Å²) in [6, 6.07) is 15.4. The minimum absolute atomic E-state index is 0.129. The van der Waals surface area contributed by atoms with Crippen LogP contribution in [0.4, 0.5) is 0 Å². The van der Waals surface area contributed by atoms with Crippen molar-refractivity contribution in [3.8, 4) is 5.75 Å². The summed E-state index contributed by atoms with van der Waals surface area (Å²) in [7, 11) is -3.58. The molecule has 2 aromatic carbocycles. The van der Waals surface area contributed by atoms with Gasteiger partial charge >= 0.3 is 0 Å². The highest BCUT2D eigenvalue weighted by Crippen LogP contribution is 2.18. The molecule has 3 N–H and O–H groups in total. The number of ether oxygens (including phenoxy) is 1. The van der Waals surface area contributed by atoms with Gasteiger partial charge in [-0.25, -0.2) is 13.9 Å². The quantitative estimate of drug-likeness (QED) is 0.377. The molecule has 31 heavy (non-hydrogen) atoms. The maximum atomic E-state index is 12.7. The number of piperidine rings is 1. The molecule has 0 radical (unpaired) electrons. The summed E-state index contributed by atoms with van der Waals surface area (Å²) in [6.45, 7) is 2.02. The predicted molar refractivity (Wildman–Crippen MR) is 116 cm³/mol. The van der Waals surface area contributed by atoms with Crippen LogP contribution < -0.4 is 15.5 Å². The number of nitrogens with zero attached hydrogens (tertiary/aromatic N) is 1. The molecule has 3 rings (SSSR count). The van der Waals surface area contributed by atoms with Crippen LogP contribution in [0.3, 0.4) is 0 Å². The van der Waals surface area contributed by atoms with E-state index >= 15 is 0 Å². The molecule has 1 fully saturated rings. The number of hydrogen-bond donors (Lipinski definition) is 3. The Morgan fingerprint density at radius 2 is 1.71 bits per heavy atom. The number of likely N-dealkylation sites (tertiary alicyclic amines) is 1. The Kier molecular flexibility index (Phi) is 8.42. The summed E-state index contributed by atoms with van der Waals surface area (Å²) in [5.74, 6) is -0.257. The molecule has 1 aliphatic rings. The number of nitrogens with one attached hydrogen (secondary N) is 2. The van der Waals surface area contributed by atoms with E-state index in [1.165, 1.54) is 12.1 Å². The van der Waals surface area contributed by atoms with Gasteiger partial charge in [0.05, 0.1) is 4.90 Å². The lowest BCUT2D eigenvalue weighted by Crippen LogP contribution is -2.53. The fourth-order valence-electron chi connectivity index (χ4n) is 3.59. The Hall–Kier alpha value is -2.46. The third-order valence-electron chi connectivity index (χ3n) is 5.31. The van der Waals surface area contributed by atoms with Gasteiger partial charge in [0.2, 0.25) is 0 Å². The average Bonchev–Trinajstić information content (AvgIpc) is 2.81. The fourth-order valence-corrected chi connectivity index (χ4v) is 4.69. The summed E-state index contributed by atoms with van der Waals surface area (Å²) in [5.41, 5.74) is 2.71. The van der Waals surface area contributed by atoms with Crippen molar-refractivity contribution < 1.29 is 23.2 Å². The van der Waals surface area contributed by atoms with Gasteiger partial charge in [0.1, 0.15) is 24.3 Å². The second kappa shape index (κ2) is 11.2. The number of carbonyl (C=O) groups excluding carboxylic acids is 1. The van der Waals surface area contributed by atoms with Crippen LogP contribution >= 0.6 is 0 Å². The number of carbonyl (C=O) groups is 1. The lowest BCUT2D eigenvalue weighted by atomic mass is 10.1. The van der Waals surface area contributed by atoms with Crippen LogP contribution in [0.25, 0.3) is 0 Å². The summed E-state index contributed by atoms with van der Waals surface area (Å²) < 4.78 is 31.0. The molecule has 9 heteroatoms. The van der Waals surface area contributed by atoms with E-state index in [9.17, 15) is 13.2 Å². The Balaban J connectivity index is 1.53. The highest BCUT2D eigenvalue weighted by molar-refractivity contribution is 7.91. The van der Waals surface area contributed by atoms with Crippen LogP contribution in [0, 0.1) is 0 Å². The molecular weight excluding hydrogens is 418 g/mol. The Labute approximate surface area is 183 Å². The third-order valence-corrected chi connectivity index (χ3v) is 6.88. The standard InChI is InChI=1S/C22H29N3O5S/c26-22(24-27)21(25-13-5-2-6-14-25)15-23-17-31(28,29)20-11-9-19(10-12-20)30-16-18-7-3-1-4-8-18/h1,3-4,7-12,21,23,27H,2,5-6,13-17H2,(H,24,26). The lowest BCUT2D eigenvalue weighted by Gasteiger charge is -2.33. The molecule has 168 valence electrons. The van der Waals surface area contributed by atoms with E-state index < -0.39 is 21.8 Å². The van der Waals surface area contributed by atoms with E-state index in [1.54, 1.807) is 17.6 Å². The molecule has 1 atom stereocenters. The van der Waals surface area contributed by atoms with Crippen LogP contribution in [0.2, 0.25) is 0 Å². The van der Waals surface area contributed by atoms with Crippen LogP contribution in [-0.2, 0) is 21.2 Å². The first-order valence-electron chi connectivity index (χ1n) is 10.4. The topological polar surface area (TPSA) is 108 Å². The molecule has 0 saturated carbocycles. The van der Waals surface area contributed by atoms with Gasteiger partial charge < -0.3 is 10.1 Å². The van der Waals surface area contributed by atoms with E-state index in [4.69, 9.17) is 9.94 Å². The van der Waals surface area contributed by atoms with Gasteiger partial charge in [0, 0.05) is 6.54 Å². The molecule has 1 heterocycles. The Morgan fingerprint density at radius 1 is 1.03 bits per heavy atom. The van der Waals surface area contributed by atoms with Crippen molar-refractivity contribution >= 4 is 15.7 Å². The molecule has 1 amide bonds. The molecule has 0 aliphatic carbocycles. The first-order chi connectivity index (χ1) is 15.0. The average molecular weight is 448 g/mol. The monoisotopic (exact) mass is 447 g/mol. The van der Waals surface area contributed by atoms with E-state index in [1.807, 2.05) is 35.2 Å². The highest BCUT2D eigenvalue weighted by atomic mass is 32.2. The van der Waals surface area contributed by atoms with E-state index in [0.717, 1.165) is 37.9 Å². The second-order valence-corrected chi connectivity index (χ2v) is 9.54. The van der Waals surface area contributed by atoms with Crippen molar-refractivity contribution in [3.05, 3.63) is 60.2 Å². The molecule has 0 bridgehead atoms. The van der Waals surface area contributed by atoms with Crippen molar-refractivity contribution in [2.24, 2.45) is 0 Å². The number of amides is 1. The van der Waals surface area contributed by atoms with Gasteiger partial charge in [-0.2, -0.15) is 0 Å². The molecule has 0 aromatic heterocycles. The summed E-state index contributed by atoms with van der Waals surface area (Å²) >= 11 is 0. The maximum Gasteiger partial charge on any atom is 0.261 e. The van der Waals surface area contributed by atoms with Gasteiger partial charge in [-0.3, -0.25) is 14.9 Å². The second-order valence-electron chi connectivity index (χ2n) is 7.55. The van der Waals surface area contributed by atoms with Gasteiger partial charge in [0.15, 0.2) is 9.84 Å². The SMILES string of the molecule is O=C(NO)C(CNCS(=O)(=O)c1ccc(OCc2ccccc2)cc1)N1CCCCC1. The normalized spacial score (nSPS) is 15.9. The molecule has 8 nitrogen and oxygen atoms in total. The molecule has 1 saturated heterocycles. The van der Waals surface area contributed by atoms with Crippen LogP contribution in [0.5, 0.6) is 5.75 Å². The first kappa shape index (κ1) is 23.2. The number of hydroxylamine groups is 1. The van der Waals surface area contributed by atoms with Gasteiger partial charge in [0.25, 0.3) is 5.91 Å². The van der Waals surface area contributed by atoms with Crippen molar-refractivity contribution in [1.29, 1.82) is 0 Å². The van der Waals surface area contributed by atoms with E-state index in [0.29, 0.717) is 12.4 Å². The largest absolute Gasteiger partial charge is 0.489 e. The molecular formula is C22H29N3O5S. The van der Waals surface area contributed by atoms with Gasteiger partial charge in [-0.15, -0.1) is 0 Å². The number of hydrogen-bond acceptors (Lipinski definition) is 7. The zero-order valence-electron chi connectivity index (χ0n) is 17.4. The zero-order valence-corrected chi connectivity index (χ0v) is 18.2. The molecule has 0 spiro atoms. The highest BCUT2D eigenvalue weighted by Gasteiger charge is 2.27. The fraction of sp³-hybridized carbons (Fsp3) is 0.409. The minimum Gasteiger partial charge on any atom is -0.489 e. The zero-order chi connectivity index (χ0) is 22.1. The third kappa shape index (κ3) is 6.76. The van der Waals surface area contributed by atoms with Gasteiger partial charge in [-0.1, -0.05) is 36.8 Å². The predicted octanol–water partition coefficient (Wildman–Crippen LogP) is 1.95. The number of benzene rings is 2. The van der Waals surface area contributed by atoms with E-state index in [-0.39, 0.29) is 17.3 Å². The Morgan fingerprint density at radius 3 is 2.35 bits per heavy atom. The smallest absolute Gasteiger partial charge is 0.261 e. The summed E-state index contributed by atoms with van der Waals surface area (Å²) in [6.07, 6.45) is 3.06. The molecule has 1 unspecified atom stereocenters. The number of sulfone groups is 1. The van der Waals surface area contributed by atoms with Crippen molar-refractivity contribution in [2.75, 3.05) is 25.5 Å². The van der Waals surface area contributed by atoms with Crippen molar-refractivity contribution in [2.45, 2.75) is 36.8 Å². The van der Waals surface area contributed by atoms with Crippen LogP contribution in [-0.4, -0.2) is 56.0 Å². The molecule has 2 aromatic rings. The van der Waals surface area contributed by atoms with Crippen LogP contribution in [0.15, 0.2) is 59.5 Å².